The maximum Gasteiger partial charge on any atom is 0.0568 e. The fraction of sp³-hybridized carbons (Fsp3) is 0.357. The number of aromatic nitrogens is 2. The van der Waals surface area contributed by atoms with Gasteiger partial charge in [-0.2, -0.15) is 5.10 Å². The van der Waals surface area contributed by atoms with Crippen LogP contribution >= 0.6 is 0 Å². The first-order chi connectivity index (χ1) is 8.24. The van der Waals surface area contributed by atoms with Gasteiger partial charge in [0.05, 0.1) is 6.20 Å². The summed E-state index contributed by atoms with van der Waals surface area (Å²) in [6.45, 7) is 5.09. The predicted molar refractivity (Wildman–Crippen MR) is 70.6 cm³/mol. The van der Waals surface area contributed by atoms with Gasteiger partial charge in [0.25, 0.3) is 0 Å². The van der Waals surface area contributed by atoms with Gasteiger partial charge in [-0.05, 0) is 24.5 Å². The maximum absolute atomic E-state index is 5.99. The van der Waals surface area contributed by atoms with Gasteiger partial charge in [-0.3, -0.25) is 4.68 Å². The first-order valence-electron chi connectivity index (χ1n) is 6.13. The maximum atomic E-state index is 5.99. The summed E-state index contributed by atoms with van der Waals surface area (Å²) < 4.78 is 1.93. The summed E-state index contributed by atoms with van der Waals surface area (Å²) in [5, 5.41) is 4.28. The molecule has 0 saturated carbocycles. The third-order valence-corrected chi connectivity index (χ3v) is 3.07. The Morgan fingerprint density at radius 3 is 2.41 bits per heavy atom. The molecule has 0 amide bonds. The van der Waals surface area contributed by atoms with Crippen molar-refractivity contribution in [1.82, 2.24) is 9.78 Å². The molecule has 1 aromatic heterocycles. The van der Waals surface area contributed by atoms with Crippen molar-refractivity contribution in [2.75, 3.05) is 0 Å². The first-order valence-corrected chi connectivity index (χ1v) is 6.13. The molecule has 1 unspecified atom stereocenters. The topological polar surface area (TPSA) is 43.8 Å². The molecule has 3 heteroatoms. The molecule has 2 rings (SSSR count). The van der Waals surface area contributed by atoms with Crippen LogP contribution in [0.3, 0.4) is 0 Å². The van der Waals surface area contributed by atoms with E-state index in [1.54, 1.807) is 0 Å². The summed E-state index contributed by atoms with van der Waals surface area (Å²) in [6, 6.07) is 8.57. The van der Waals surface area contributed by atoms with Crippen LogP contribution in [0, 0.1) is 0 Å². The molecular formula is C14H19N3. The van der Waals surface area contributed by atoms with Crippen LogP contribution in [-0.4, -0.2) is 9.78 Å². The van der Waals surface area contributed by atoms with Crippen molar-refractivity contribution in [2.45, 2.75) is 32.9 Å². The SMILES string of the molecule is CCC(N)c1ccc(-c2cnn(CC)c2)cc1. The van der Waals surface area contributed by atoms with Crippen LogP contribution in [-0.2, 0) is 6.54 Å². The molecule has 2 N–H and O–H groups in total. The van der Waals surface area contributed by atoms with Crippen molar-refractivity contribution in [3.63, 3.8) is 0 Å². The van der Waals surface area contributed by atoms with Crippen LogP contribution in [0.2, 0.25) is 0 Å². The minimum absolute atomic E-state index is 0.141. The monoisotopic (exact) mass is 229 g/mol. The van der Waals surface area contributed by atoms with Gasteiger partial charge in [0, 0.05) is 24.3 Å². The van der Waals surface area contributed by atoms with Gasteiger partial charge in [0.1, 0.15) is 0 Å². The highest BCUT2D eigenvalue weighted by molar-refractivity contribution is 5.62. The predicted octanol–water partition coefficient (Wildman–Crippen LogP) is 2.98. The van der Waals surface area contributed by atoms with E-state index >= 15 is 0 Å². The number of rotatable bonds is 4. The molecule has 2 aromatic rings. The van der Waals surface area contributed by atoms with E-state index in [1.165, 1.54) is 11.1 Å². The zero-order valence-electron chi connectivity index (χ0n) is 10.4. The summed E-state index contributed by atoms with van der Waals surface area (Å²) >= 11 is 0. The highest BCUT2D eigenvalue weighted by Crippen LogP contribution is 2.21. The van der Waals surface area contributed by atoms with Crippen molar-refractivity contribution in [2.24, 2.45) is 5.73 Å². The van der Waals surface area contributed by atoms with Crippen molar-refractivity contribution in [3.05, 3.63) is 42.2 Å². The van der Waals surface area contributed by atoms with E-state index in [0.29, 0.717) is 0 Å². The van der Waals surface area contributed by atoms with Gasteiger partial charge >= 0.3 is 0 Å². The molecule has 3 nitrogen and oxygen atoms in total. The third kappa shape index (κ3) is 2.56. The molecule has 0 aliphatic rings. The summed E-state index contributed by atoms with van der Waals surface area (Å²) in [5.74, 6) is 0. The number of benzene rings is 1. The molecule has 90 valence electrons. The van der Waals surface area contributed by atoms with E-state index in [4.69, 9.17) is 5.73 Å². The molecule has 1 heterocycles. The molecule has 0 fully saturated rings. The van der Waals surface area contributed by atoms with Crippen LogP contribution < -0.4 is 5.73 Å². The zero-order chi connectivity index (χ0) is 12.3. The zero-order valence-corrected chi connectivity index (χ0v) is 10.4. The average Bonchev–Trinajstić information content (AvgIpc) is 2.87. The molecule has 0 spiro atoms. The van der Waals surface area contributed by atoms with Crippen molar-refractivity contribution >= 4 is 0 Å². The number of nitrogens with two attached hydrogens (primary N) is 1. The van der Waals surface area contributed by atoms with Gasteiger partial charge < -0.3 is 5.73 Å². The summed E-state index contributed by atoms with van der Waals surface area (Å²) in [5.41, 5.74) is 9.53. The van der Waals surface area contributed by atoms with E-state index in [2.05, 4.69) is 49.4 Å². The second kappa shape index (κ2) is 5.15. The largest absolute Gasteiger partial charge is 0.324 e. The van der Waals surface area contributed by atoms with E-state index in [9.17, 15) is 0 Å². The summed E-state index contributed by atoms with van der Waals surface area (Å²) in [4.78, 5) is 0. The van der Waals surface area contributed by atoms with E-state index in [0.717, 1.165) is 18.5 Å². The number of hydrogen-bond acceptors (Lipinski definition) is 2. The Bertz CT molecular complexity index is 470. The van der Waals surface area contributed by atoms with Crippen molar-refractivity contribution in [3.8, 4) is 11.1 Å². The highest BCUT2D eigenvalue weighted by Gasteiger charge is 2.04. The standard InChI is InChI=1S/C14H19N3/c1-3-14(15)12-7-5-11(6-8-12)13-9-16-17(4-2)10-13/h5-10,14H,3-4,15H2,1-2H3. The normalized spacial score (nSPS) is 12.6. The molecule has 0 bridgehead atoms. The second-order valence-electron chi connectivity index (χ2n) is 4.22. The number of aryl methyl sites for hydroxylation is 1. The number of hydrogen-bond donors (Lipinski definition) is 1. The molecule has 0 radical (unpaired) electrons. The Labute approximate surface area is 102 Å². The van der Waals surface area contributed by atoms with Crippen LogP contribution in [0.15, 0.2) is 36.7 Å². The van der Waals surface area contributed by atoms with Gasteiger partial charge in [-0.15, -0.1) is 0 Å². The Morgan fingerprint density at radius 1 is 1.18 bits per heavy atom. The minimum atomic E-state index is 0.141. The van der Waals surface area contributed by atoms with Gasteiger partial charge in [-0.25, -0.2) is 0 Å². The highest BCUT2D eigenvalue weighted by atomic mass is 15.3. The lowest BCUT2D eigenvalue weighted by atomic mass is 10.0. The molecule has 1 aromatic carbocycles. The Balaban J connectivity index is 2.22. The van der Waals surface area contributed by atoms with Gasteiger partial charge in [0.2, 0.25) is 0 Å². The van der Waals surface area contributed by atoms with Crippen molar-refractivity contribution in [1.29, 1.82) is 0 Å². The molecule has 0 aliphatic carbocycles. The quantitative estimate of drug-likeness (QED) is 0.876. The lowest BCUT2D eigenvalue weighted by Gasteiger charge is -2.09. The minimum Gasteiger partial charge on any atom is -0.324 e. The molecule has 17 heavy (non-hydrogen) atoms. The van der Waals surface area contributed by atoms with E-state index < -0.39 is 0 Å². The fourth-order valence-electron chi connectivity index (χ4n) is 1.84. The Morgan fingerprint density at radius 2 is 1.88 bits per heavy atom. The molecule has 0 aliphatic heterocycles. The molecule has 1 atom stereocenters. The van der Waals surface area contributed by atoms with Crippen molar-refractivity contribution < 1.29 is 0 Å². The van der Waals surface area contributed by atoms with Crippen LogP contribution in [0.1, 0.15) is 31.9 Å². The Kier molecular flexibility index (Phi) is 3.59. The first kappa shape index (κ1) is 11.9. The van der Waals surface area contributed by atoms with E-state index in [1.807, 2.05) is 10.9 Å². The molecular weight excluding hydrogens is 210 g/mol. The summed E-state index contributed by atoms with van der Waals surface area (Å²) in [6.07, 6.45) is 4.93. The smallest absolute Gasteiger partial charge is 0.0568 e. The van der Waals surface area contributed by atoms with Gasteiger partial charge in [-0.1, -0.05) is 31.2 Å². The fourth-order valence-corrected chi connectivity index (χ4v) is 1.84. The lowest BCUT2D eigenvalue weighted by Crippen LogP contribution is -2.07. The second-order valence-corrected chi connectivity index (χ2v) is 4.22. The van der Waals surface area contributed by atoms with Crippen LogP contribution in [0.5, 0.6) is 0 Å². The third-order valence-electron chi connectivity index (χ3n) is 3.07. The van der Waals surface area contributed by atoms with Crippen LogP contribution in [0.4, 0.5) is 0 Å². The van der Waals surface area contributed by atoms with E-state index in [-0.39, 0.29) is 6.04 Å². The lowest BCUT2D eigenvalue weighted by molar-refractivity contribution is 0.660. The molecule has 0 saturated heterocycles. The van der Waals surface area contributed by atoms with Crippen LogP contribution in [0.25, 0.3) is 11.1 Å². The Hall–Kier alpha value is -1.61. The van der Waals surface area contributed by atoms with Gasteiger partial charge in [0.15, 0.2) is 0 Å². The summed E-state index contributed by atoms with van der Waals surface area (Å²) in [7, 11) is 0. The number of nitrogens with zero attached hydrogens (tertiary/aromatic N) is 2. The average molecular weight is 229 g/mol.